The molecule has 94 valence electrons. The second-order valence-corrected chi connectivity index (χ2v) is 4.27. The number of rotatable bonds is 3. The van der Waals surface area contributed by atoms with Gasteiger partial charge in [-0.2, -0.15) is 0 Å². The van der Waals surface area contributed by atoms with Crippen molar-refractivity contribution in [3.05, 3.63) is 42.0 Å². The molecule has 2 heterocycles. The molecular weight excluding hydrogens is 232 g/mol. The van der Waals surface area contributed by atoms with Crippen LogP contribution in [-0.2, 0) is 13.7 Å². The summed E-state index contributed by atoms with van der Waals surface area (Å²) in [5.41, 5.74) is 0.819. The van der Waals surface area contributed by atoms with Gasteiger partial charge in [0.05, 0.1) is 0 Å². The molecule has 0 spiro atoms. The Kier molecular flexibility index (Phi) is 2.68. The van der Waals surface area contributed by atoms with E-state index in [2.05, 4.69) is 4.98 Å². The summed E-state index contributed by atoms with van der Waals surface area (Å²) in [6, 6.07) is 5.47. The van der Waals surface area contributed by atoms with Crippen LogP contribution in [0, 0.1) is 0 Å². The number of aliphatic hydroxyl groups excluding tert-OH is 1. The average molecular weight is 246 g/mol. The van der Waals surface area contributed by atoms with Gasteiger partial charge in [0.25, 0.3) is 0 Å². The number of imidazole rings is 1. The molecule has 2 aromatic rings. The Morgan fingerprint density at radius 1 is 1.56 bits per heavy atom. The first-order valence-electron chi connectivity index (χ1n) is 5.78. The molecule has 3 rings (SSSR count). The lowest BCUT2D eigenvalue weighted by Crippen LogP contribution is -2.02. The number of aliphatic hydroxyl groups is 1. The van der Waals surface area contributed by atoms with Crippen LogP contribution in [0.4, 0.5) is 0 Å². The Hall–Kier alpha value is -2.01. The molecule has 5 heteroatoms. The van der Waals surface area contributed by atoms with Gasteiger partial charge in [-0.25, -0.2) is 4.98 Å². The van der Waals surface area contributed by atoms with Crippen LogP contribution in [0.2, 0.25) is 0 Å². The number of hydrogen-bond acceptors (Lipinski definition) is 4. The minimum Gasteiger partial charge on any atom is -0.490 e. The average Bonchev–Trinajstić information content (AvgIpc) is 2.94. The van der Waals surface area contributed by atoms with Crippen LogP contribution in [-0.4, -0.2) is 21.3 Å². The summed E-state index contributed by atoms with van der Waals surface area (Å²) in [6.07, 6.45) is 3.09. The van der Waals surface area contributed by atoms with E-state index in [1.165, 1.54) is 0 Å². The van der Waals surface area contributed by atoms with Crippen LogP contribution < -0.4 is 9.47 Å². The summed E-state index contributed by atoms with van der Waals surface area (Å²) in [5, 5.41) is 9.61. The minimum atomic E-state index is -0.524. The number of aromatic nitrogens is 2. The van der Waals surface area contributed by atoms with Crippen molar-refractivity contribution in [2.24, 2.45) is 7.05 Å². The second kappa shape index (κ2) is 4.34. The number of fused-ring (bicyclic) bond motifs is 1. The maximum absolute atomic E-state index is 9.61. The predicted octanol–water partition coefficient (Wildman–Crippen LogP) is 1.42. The van der Waals surface area contributed by atoms with E-state index in [-0.39, 0.29) is 0 Å². The normalized spacial score (nSPS) is 17.3. The molecule has 0 saturated heterocycles. The Labute approximate surface area is 105 Å². The van der Waals surface area contributed by atoms with Crippen molar-refractivity contribution < 1.29 is 14.6 Å². The molecule has 1 aromatic heterocycles. The van der Waals surface area contributed by atoms with Crippen LogP contribution in [0.1, 0.15) is 17.5 Å². The van der Waals surface area contributed by atoms with E-state index < -0.39 is 6.10 Å². The third-order valence-corrected chi connectivity index (χ3v) is 3.03. The van der Waals surface area contributed by atoms with E-state index in [0.717, 1.165) is 11.4 Å². The van der Waals surface area contributed by atoms with Crippen LogP contribution in [0.25, 0.3) is 0 Å². The molecule has 0 aliphatic carbocycles. The molecule has 5 nitrogen and oxygen atoms in total. The van der Waals surface area contributed by atoms with E-state index >= 15 is 0 Å². The highest BCUT2D eigenvalue weighted by Gasteiger charge is 2.22. The molecule has 0 fully saturated rings. The number of aryl methyl sites for hydroxylation is 1. The lowest BCUT2D eigenvalue weighted by atomic mass is 10.1. The topological polar surface area (TPSA) is 56.5 Å². The first kappa shape index (κ1) is 11.1. The Morgan fingerprint density at radius 3 is 3.22 bits per heavy atom. The molecule has 1 aliphatic heterocycles. The number of nitrogens with zero attached hydrogens (tertiary/aromatic N) is 2. The maximum atomic E-state index is 9.61. The summed E-state index contributed by atoms with van der Waals surface area (Å²) in [7, 11) is 1.92. The van der Waals surface area contributed by atoms with Gasteiger partial charge in [0.2, 0.25) is 0 Å². The highest BCUT2D eigenvalue weighted by molar-refractivity contribution is 5.44. The molecule has 1 unspecified atom stereocenters. The molecule has 1 N–H and O–H groups in total. The summed E-state index contributed by atoms with van der Waals surface area (Å²) < 4.78 is 12.9. The molecule has 0 bridgehead atoms. The van der Waals surface area contributed by atoms with Gasteiger partial charge >= 0.3 is 0 Å². The van der Waals surface area contributed by atoms with Crippen molar-refractivity contribution in [2.45, 2.75) is 12.7 Å². The second-order valence-electron chi connectivity index (χ2n) is 4.27. The molecule has 1 atom stereocenters. The third-order valence-electron chi connectivity index (χ3n) is 3.03. The van der Waals surface area contributed by atoms with Crippen LogP contribution in [0.15, 0.2) is 30.6 Å². The number of benzene rings is 1. The van der Waals surface area contributed by atoms with Gasteiger partial charge in [-0.15, -0.1) is 0 Å². The lowest BCUT2D eigenvalue weighted by molar-refractivity contribution is 0.140. The maximum Gasteiger partial charge on any atom is 0.146 e. The summed E-state index contributed by atoms with van der Waals surface area (Å²) in [6.45, 7) is 0.725. The smallest absolute Gasteiger partial charge is 0.146 e. The van der Waals surface area contributed by atoms with Crippen molar-refractivity contribution in [2.75, 3.05) is 6.61 Å². The van der Waals surface area contributed by atoms with Crippen molar-refractivity contribution in [3.8, 4) is 11.5 Å². The largest absolute Gasteiger partial charge is 0.490 e. The van der Waals surface area contributed by atoms with Crippen molar-refractivity contribution >= 4 is 0 Å². The minimum absolute atomic E-state index is 0.318. The zero-order valence-electron chi connectivity index (χ0n) is 10.0. The molecule has 18 heavy (non-hydrogen) atoms. The predicted molar refractivity (Wildman–Crippen MR) is 64.4 cm³/mol. The highest BCUT2D eigenvalue weighted by Crippen LogP contribution is 2.35. The molecular formula is C13H14N2O3. The van der Waals surface area contributed by atoms with Gasteiger partial charge in [0, 0.05) is 31.1 Å². The number of hydrogen-bond donors (Lipinski definition) is 1. The lowest BCUT2D eigenvalue weighted by Gasteiger charge is -2.07. The van der Waals surface area contributed by atoms with Gasteiger partial charge in [0.1, 0.15) is 36.6 Å². The van der Waals surface area contributed by atoms with E-state index in [1.54, 1.807) is 12.3 Å². The Balaban J connectivity index is 1.73. The molecule has 0 saturated carbocycles. The van der Waals surface area contributed by atoms with Gasteiger partial charge in [0.15, 0.2) is 0 Å². The fourth-order valence-electron chi connectivity index (χ4n) is 1.95. The fraction of sp³-hybridized carbons (Fsp3) is 0.308. The summed E-state index contributed by atoms with van der Waals surface area (Å²) in [4.78, 5) is 4.18. The monoisotopic (exact) mass is 246 g/mol. The first-order valence-corrected chi connectivity index (χ1v) is 5.78. The molecule has 0 radical (unpaired) electrons. The van der Waals surface area contributed by atoms with Crippen molar-refractivity contribution in [3.63, 3.8) is 0 Å². The zero-order valence-corrected chi connectivity index (χ0v) is 10.0. The van der Waals surface area contributed by atoms with E-state index in [9.17, 15) is 5.11 Å². The SMILES string of the molecule is Cn1ccnc1COc1ccc2c(c1)OCC2O. The Morgan fingerprint density at radius 2 is 2.44 bits per heavy atom. The van der Waals surface area contributed by atoms with Crippen molar-refractivity contribution in [1.82, 2.24) is 9.55 Å². The van der Waals surface area contributed by atoms with Gasteiger partial charge in [-0.3, -0.25) is 0 Å². The van der Waals surface area contributed by atoms with Gasteiger partial charge in [-0.05, 0) is 12.1 Å². The Bertz CT molecular complexity index is 565. The number of ether oxygens (including phenoxy) is 2. The fourth-order valence-corrected chi connectivity index (χ4v) is 1.95. The zero-order chi connectivity index (χ0) is 12.5. The van der Waals surface area contributed by atoms with Crippen LogP contribution >= 0.6 is 0 Å². The van der Waals surface area contributed by atoms with Crippen LogP contribution in [0.5, 0.6) is 11.5 Å². The molecule has 1 aromatic carbocycles. The van der Waals surface area contributed by atoms with E-state index in [1.807, 2.05) is 29.9 Å². The van der Waals surface area contributed by atoms with Crippen LogP contribution in [0.3, 0.4) is 0 Å². The van der Waals surface area contributed by atoms with Gasteiger partial charge in [-0.1, -0.05) is 0 Å². The van der Waals surface area contributed by atoms with E-state index in [0.29, 0.717) is 24.7 Å². The van der Waals surface area contributed by atoms with Gasteiger partial charge < -0.3 is 19.1 Å². The quantitative estimate of drug-likeness (QED) is 0.890. The highest BCUT2D eigenvalue weighted by atomic mass is 16.5. The van der Waals surface area contributed by atoms with Crippen molar-refractivity contribution in [1.29, 1.82) is 0 Å². The first-order chi connectivity index (χ1) is 8.74. The van der Waals surface area contributed by atoms with E-state index in [4.69, 9.17) is 9.47 Å². The molecule has 1 aliphatic rings. The molecule has 0 amide bonds. The third kappa shape index (κ3) is 1.93. The standard InChI is InChI=1S/C13H14N2O3/c1-15-5-4-14-13(15)8-17-9-2-3-10-11(16)7-18-12(10)6-9/h2-6,11,16H,7-8H2,1H3. The summed E-state index contributed by atoms with van der Waals surface area (Å²) >= 11 is 0. The summed E-state index contributed by atoms with van der Waals surface area (Å²) in [5.74, 6) is 2.27.